The summed E-state index contributed by atoms with van der Waals surface area (Å²) < 4.78 is 5.22. The van der Waals surface area contributed by atoms with E-state index in [-0.39, 0.29) is 0 Å². The highest BCUT2D eigenvalue weighted by Crippen LogP contribution is 2.26. The molecule has 1 N–H and O–H groups in total. The first-order chi connectivity index (χ1) is 12.2. The number of nitrogens with one attached hydrogen (secondary N) is 1. The van der Waals surface area contributed by atoms with Crippen LogP contribution in [-0.4, -0.2) is 75.5 Å². The third kappa shape index (κ3) is 6.88. The molecule has 1 aliphatic carbocycles. The summed E-state index contributed by atoms with van der Waals surface area (Å²) in [6.45, 7) is 4.60. The molecular formula is C19H32N4OS. The second kappa shape index (κ2) is 10.7. The summed E-state index contributed by atoms with van der Waals surface area (Å²) in [6.07, 6.45) is 4.75. The van der Waals surface area contributed by atoms with Crippen LogP contribution >= 0.6 is 11.8 Å². The van der Waals surface area contributed by atoms with Crippen molar-refractivity contribution in [3.63, 3.8) is 0 Å². The number of benzene rings is 1. The van der Waals surface area contributed by atoms with E-state index in [9.17, 15) is 0 Å². The van der Waals surface area contributed by atoms with E-state index < -0.39 is 0 Å². The first kappa shape index (κ1) is 20.1. The Bertz CT molecular complexity index is 531. The van der Waals surface area contributed by atoms with Crippen LogP contribution in [0.5, 0.6) is 0 Å². The smallest absolute Gasteiger partial charge is 0.193 e. The van der Waals surface area contributed by atoms with Gasteiger partial charge in [0.25, 0.3) is 0 Å². The minimum atomic E-state index is 0.756. The quantitative estimate of drug-likeness (QED) is 0.392. The Kier molecular flexibility index (Phi) is 8.58. The van der Waals surface area contributed by atoms with Gasteiger partial charge in [-0.1, -0.05) is 12.1 Å². The van der Waals surface area contributed by atoms with Gasteiger partial charge in [0, 0.05) is 58.3 Å². The Hall–Kier alpha value is -1.24. The van der Waals surface area contributed by atoms with Gasteiger partial charge in [0.2, 0.25) is 0 Å². The highest BCUT2D eigenvalue weighted by atomic mass is 32.2. The van der Waals surface area contributed by atoms with Crippen molar-refractivity contribution in [3.8, 4) is 0 Å². The van der Waals surface area contributed by atoms with Crippen molar-refractivity contribution in [2.75, 3.05) is 53.7 Å². The summed E-state index contributed by atoms with van der Waals surface area (Å²) in [7, 11) is 5.70. The van der Waals surface area contributed by atoms with E-state index in [2.05, 4.69) is 57.7 Å². The summed E-state index contributed by atoms with van der Waals surface area (Å²) in [6, 6.07) is 9.48. The molecule has 0 saturated heterocycles. The number of hydrogen-bond donors (Lipinski definition) is 1. The van der Waals surface area contributed by atoms with Crippen molar-refractivity contribution in [2.45, 2.75) is 30.3 Å². The lowest BCUT2D eigenvalue weighted by molar-refractivity contribution is 0.144. The predicted molar refractivity (Wildman–Crippen MR) is 108 cm³/mol. The molecule has 1 fully saturated rings. The molecule has 0 bridgehead atoms. The lowest BCUT2D eigenvalue weighted by atomic mass is 10.2. The van der Waals surface area contributed by atoms with Crippen LogP contribution in [0.4, 0.5) is 0 Å². The van der Waals surface area contributed by atoms with Gasteiger partial charge in [0.1, 0.15) is 0 Å². The molecule has 6 heteroatoms. The third-order valence-electron chi connectivity index (χ3n) is 4.48. The van der Waals surface area contributed by atoms with Crippen molar-refractivity contribution < 1.29 is 4.74 Å². The molecule has 0 unspecified atom stereocenters. The lowest BCUT2D eigenvalue weighted by Gasteiger charge is -2.25. The van der Waals surface area contributed by atoms with Crippen LogP contribution < -0.4 is 5.32 Å². The fourth-order valence-corrected chi connectivity index (χ4v) is 3.31. The molecule has 0 aliphatic heterocycles. The summed E-state index contributed by atoms with van der Waals surface area (Å²) in [5, 5.41) is 3.49. The van der Waals surface area contributed by atoms with Crippen LogP contribution in [0.15, 0.2) is 34.2 Å². The fourth-order valence-electron chi connectivity index (χ4n) is 2.90. The zero-order chi connectivity index (χ0) is 18.1. The van der Waals surface area contributed by atoms with Gasteiger partial charge >= 0.3 is 0 Å². The van der Waals surface area contributed by atoms with Crippen molar-refractivity contribution in [3.05, 3.63) is 29.8 Å². The predicted octanol–water partition coefficient (Wildman–Crippen LogP) is 2.53. The lowest BCUT2D eigenvalue weighted by Crippen LogP contribution is -2.43. The molecule has 0 radical (unpaired) electrons. The molecular weight excluding hydrogens is 332 g/mol. The summed E-state index contributed by atoms with van der Waals surface area (Å²) in [4.78, 5) is 10.4. The van der Waals surface area contributed by atoms with E-state index >= 15 is 0 Å². The molecule has 25 heavy (non-hydrogen) atoms. The Morgan fingerprint density at radius 2 is 2.00 bits per heavy atom. The Morgan fingerprint density at radius 1 is 1.28 bits per heavy atom. The maximum atomic E-state index is 5.22. The van der Waals surface area contributed by atoms with Crippen LogP contribution in [0.25, 0.3) is 0 Å². The molecule has 1 aromatic carbocycles. The topological polar surface area (TPSA) is 40.1 Å². The molecule has 0 atom stereocenters. The van der Waals surface area contributed by atoms with Gasteiger partial charge in [-0.2, -0.15) is 0 Å². The second-order valence-electron chi connectivity index (χ2n) is 6.44. The molecule has 140 valence electrons. The molecule has 0 aromatic heterocycles. The number of thioether (sulfide) groups is 1. The minimum absolute atomic E-state index is 0.756. The van der Waals surface area contributed by atoms with E-state index in [1.54, 1.807) is 18.9 Å². The number of nitrogens with zero attached hydrogens (tertiary/aromatic N) is 3. The van der Waals surface area contributed by atoms with Gasteiger partial charge in [0.15, 0.2) is 5.96 Å². The number of aliphatic imine (C=N–C) groups is 1. The zero-order valence-electron chi connectivity index (χ0n) is 16.0. The normalized spacial score (nSPS) is 14.8. The van der Waals surface area contributed by atoms with Gasteiger partial charge in [-0.25, -0.2) is 0 Å². The second-order valence-corrected chi connectivity index (χ2v) is 7.32. The van der Waals surface area contributed by atoms with Gasteiger partial charge in [-0.15, -0.1) is 11.8 Å². The molecule has 5 nitrogen and oxygen atoms in total. The van der Waals surface area contributed by atoms with Crippen LogP contribution in [0.1, 0.15) is 18.4 Å². The van der Waals surface area contributed by atoms with Crippen molar-refractivity contribution in [2.24, 2.45) is 4.99 Å². The van der Waals surface area contributed by atoms with Gasteiger partial charge in [0.05, 0.1) is 6.61 Å². The SMILES string of the molecule is CN=C(NCCN(CCOC)C1CC1)N(C)Cc1ccc(SC)cc1. The number of ether oxygens (including phenoxy) is 1. The van der Waals surface area contributed by atoms with E-state index in [1.165, 1.54) is 23.3 Å². The van der Waals surface area contributed by atoms with Crippen molar-refractivity contribution in [1.82, 2.24) is 15.1 Å². The van der Waals surface area contributed by atoms with Crippen LogP contribution in [0.3, 0.4) is 0 Å². The first-order valence-electron chi connectivity index (χ1n) is 8.95. The largest absolute Gasteiger partial charge is 0.383 e. The molecule has 1 saturated carbocycles. The fraction of sp³-hybridized carbons (Fsp3) is 0.632. The highest BCUT2D eigenvalue weighted by molar-refractivity contribution is 7.98. The van der Waals surface area contributed by atoms with Gasteiger partial charge < -0.3 is 15.0 Å². The molecule has 1 aliphatic rings. The number of methoxy groups -OCH3 is 1. The zero-order valence-corrected chi connectivity index (χ0v) is 16.8. The number of rotatable bonds is 10. The molecule has 0 amide bonds. The maximum Gasteiger partial charge on any atom is 0.193 e. The third-order valence-corrected chi connectivity index (χ3v) is 5.22. The van der Waals surface area contributed by atoms with Crippen LogP contribution in [0, 0.1) is 0 Å². The minimum Gasteiger partial charge on any atom is -0.383 e. The maximum absolute atomic E-state index is 5.22. The van der Waals surface area contributed by atoms with E-state index in [0.29, 0.717) is 0 Å². The summed E-state index contributed by atoms with van der Waals surface area (Å²) in [5.41, 5.74) is 1.29. The number of guanidine groups is 1. The summed E-state index contributed by atoms with van der Waals surface area (Å²) in [5.74, 6) is 0.941. The number of hydrogen-bond acceptors (Lipinski definition) is 4. The molecule has 0 heterocycles. The van der Waals surface area contributed by atoms with Gasteiger partial charge in [-0.3, -0.25) is 9.89 Å². The molecule has 0 spiro atoms. The van der Waals surface area contributed by atoms with Gasteiger partial charge in [-0.05, 0) is 36.8 Å². The Morgan fingerprint density at radius 3 is 2.56 bits per heavy atom. The van der Waals surface area contributed by atoms with Crippen molar-refractivity contribution >= 4 is 17.7 Å². The van der Waals surface area contributed by atoms with E-state index in [4.69, 9.17) is 4.74 Å². The summed E-state index contributed by atoms with van der Waals surface area (Å²) >= 11 is 1.77. The molecule has 1 aromatic rings. The highest BCUT2D eigenvalue weighted by Gasteiger charge is 2.28. The van der Waals surface area contributed by atoms with Crippen LogP contribution in [0.2, 0.25) is 0 Å². The Labute approximate surface area is 156 Å². The standard InChI is InChI=1S/C19H32N4OS/c1-20-19(21-11-12-23(13-14-24-3)17-7-8-17)22(2)15-16-5-9-18(25-4)10-6-16/h5-6,9-10,17H,7-8,11-15H2,1-4H3,(H,20,21). The van der Waals surface area contributed by atoms with E-state index in [0.717, 1.165) is 44.8 Å². The van der Waals surface area contributed by atoms with E-state index in [1.807, 2.05) is 7.05 Å². The van der Waals surface area contributed by atoms with Crippen LogP contribution in [-0.2, 0) is 11.3 Å². The first-order valence-corrected chi connectivity index (χ1v) is 10.2. The Balaban J connectivity index is 1.77. The average molecular weight is 365 g/mol. The van der Waals surface area contributed by atoms with Crippen molar-refractivity contribution in [1.29, 1.82) is 0 Å². The molecule has 2 rings (SSSR count). The monoisotopic (exact) mass is 364 g/mol. The average Bonchev–Trinajstić information content (AvgIpc) is 3.47.